The summed E-state index contributed by atoms with van der Waals surface area (Å²) >= 11 is 12.4. The summed E-state index contributed by atoms with van der Waals surface area (Å²) in [5, 5.41) is 6.22. The lowest BCUT2D eigenvalue weighted by Crippen LogP contribution is -2.35. The Morgan fingerprint density at radius 2 is 2.11 bits per heavy atom. The molecule has 4 nitrogen and oxygen atoms in total. The van der Waals surface area contributed by atoms with Crippen LogP contribution in [-0.2, 0) is 13.0 Å². The number of nitrogens with zero attached hydrogens (tertiary/aromatic N) is 2. The van der Waals surface area contributed by atoms with Gasteiger partial charge in [0.2, 0.25) is 0 Å². The number of hydrogen-bond donors (Lipinski definition) is 2. The Morgan fingerprint density at radius 1 is 1.26 bits per heavy atom. The first-order chi connectivity index (χ1) is 13.0. The first kappa shape index (κ1) is 18.6. The zero-order valence-corrected chi connectivity index (χ0v) is 17.2. The van der Waals surface area contributed by atoms with Crippen molar-refractivity contribution in [1.82, 2.24) is 14.9 Å². The number of rotatable bonds is 5. The van der Waals surface area contributed by atoms with E-state index in [9.17, 15) is 0 Å². The summed E-state index contributed by atoms with van der Waals surface area (Å²) < 4.78 is 0. The van der Waals surface area contributed by atoms with Crippen molar-refractivity contribution < 1.29 is 0 Å². The zero-order valence-electron chi connectivity index (χ0n) is 15.6. The number of aryl methyl sites for hydroxylation is 1. The minimum atomic E-state index is 0.473. The third-order valence-corrected chi connectivity index (χ3v) is 5.86. The molecule has 0 radical (unpaired) electrons. The average Bonchev–Trinajstić information content (AvgIpc) is 3.01. The topological polar surface area (TPSA) is 44.0 Å². The fraction of sp³-hybridized carbons (Fsp3) is 0.381. The highest BCUT2D eigenvalue weighted by molar-refractivity contribution is 6.31. The Labute approximate surface area is 169 Å². The number of anilines is 1. The van der Waals surface area contributed by atoms with Gasteiger partial charge in [-0.15, -0.1) is 0 Å². The van der Waals surface area contributed by atoms with Crippen LogP contribution < -0.4 is 5.32 Å². The molecule has 142 valence electrons. The molecule has 1 atom stereocenters. The maximum absolute atomic E-state index is 6.21. The van der Waals surface area contributed by atoms with E-state index in [0.717, 1.165) is 54.2 Å². The van der Waals surface area contributed by atoms with E-state index in [1.165, 1.54) is 22.2 Å². The molecule has 1 aromatic carbocycles. The highest BCUT2D eigenvalue weighted by atomic mass is 35.5. The van der Waals surface area contributed by atoms with Gasteiger partial charge in [0, 0.05) is 47.8 Å². The number of hydrogen-bond acceptors (Lipinski definition) is 3. The van der Waals surface area contributed by atoms with Gasteiger partial charge < -0.3 is 10.3 Å². The number of benzene rings is 1. The van der Waals surface area contributed by atoms with E-state index >= 15 is 0 Å². The Balaban J connectivity index is 1.42. The van der Waals surface area contributed by atoms with Crippen molar-refractivity contribution in [2.24, 2.45) is 0 Å². The SMILES string of the molecule is CCc1nc(NCCN2Cc3[nH]c4ccc(Cl)cc4c3C(C)C2)ccc1Cl. The van der Waals surface area contributed by atoms with Crippen LogP contribution in [0.25, 0.3) is 10.9 Å². The van der Waals surface area contributed by atoms with Crippen molar-refractivity contribution in [3.63, 3.8) is 0 Å². The van der Waals surface area contributed by atoms with E-state index in [4.69, 9.17) is 23.2 Å². The Hall–Kier alpha value is -1.75. The average molecular weight is 403 g/mol. The van der Waals surface area contributed by atoms with E-state index in [1.54, 1.807) is 0 Å². The van der Waals surface area contributed by atoms with Gasteiger partial charge in [0.05, 0.1) is 10.7 Å². The van der Waals surface area contributed by atoms with Crippen molar-refractivity contribution in [1.29, 1.82) is 0 Å². The molecule has 27 heavy (non-hydrogen) atoms. The lowest BCUT2D eigenvalue weighted by Gasteiger charge is -2.31. The minimum absolute atomic E-state index is 0.473. The van der Waals surface area contributed by atoms with E-state index < -0.39 is 0 Å². The number of H-pyrrole nitrogens is 1. The number of aromatic nitrogens is 2. The van der Waals surface area contributed by atoms with Crippen LogP contribution in [0.1, 0.15) is 36.7 Å². The van der Waals surface area contributed by atoms with E-state index in [1.807, 2.05) is 18.2 Å². The third kappa shape index (κ3) is 3.79. The number of fused-ring (bicyclic) bond motifs is 3. The molecule has 1 unspecified atom stereocenters. The van der Waals surface area contributed by atoms with Crippen LogP contribution in [-0.4, -0.2) is 34.5 Å². The highest BCUT2D eigenvalue weighted by Gasteiger charge is 2.26. The molecule has 3 aromatic rings. The number of halogens is 2. The maximum Gasteiger partial charge on any atom is 0.126 e. The van der Waals surface area contributed by atoms with Gasteiger partial charge in [-0.3, -0.25) is 4.90 Å². The summed E-state index contributed by atoms with van der Waals surface area (Å²) in [6, 6.07) is 9.96. The molecule has 0 saturated carbocycles. The molecule has 0 spiro atoms. The molecular weight excluding hydrogens is 379 g/mol. The Bertz CT molecular complexity index is 966. The molecule has 1 aliphatic heterocycles. The van der Waals surface area contributed by atoms with Crippen molar-refractivity contribution in [3.8, 4) is 0 Å². The predicted molar refractivity (Wildman–Crippen MR) is 114 cm³/mol. The second-order valence-corrected chi connectivity index (χ2v) is 8.09. The maximum atomic E-state index is 6.21. The van der Waals surface area contributed by atoms with Crippen LogP contribution in [0.5, 0.6) is 0 Å². The standard InChI is InChI=1S/C21H24Cl2N4/c1-3-17-16(23)5-7-20(26-17)24-8-9-27-11-13(2)21-15-10-14(22)4-6-18(15)25-19(21)12-27/h4-7,10,13,25H,3,8-9,11-12H2,1-2H3,(H,24,26). The van der Waals surface area contributed by atoms with Gasteiger partial charge >= 0.3 is 0 Å². The van der Waals surface area contributed by atoms with E-state index in [-0.39, 0.29) is 0 Å². The van der Waals surface area contributed by atoms with Crippen LogP contribution in [0.15, 0.2) is 30.3 Å². The fourth-order valence-electron chi connectivity index (χ4n) is 4.04. The van der Waals surface area contributed by atoms with Gasteiger partial charge in [-0.05, 0) is 48.2 Å². The minimum Gasteiger partial charge on any atom is -0.369 e. The smallest absolute Gasteiger partial charge is 0.126 e. The van der Waals surface area contributed by atoms with Gasteiger partial charge in [0.25, 0.3) is 0 Å². The summed E-state index contributed by atoms with van der Waals surface area (Å²) in [6.45, 7) is 8.15. The van der Waals surface area contributed by atoms with Gasteiger partial charge in [-0.1, -0.05) is 37.0 Å². The zero-order chi connectivity index (χ0) is 19.0. The largest absolute Gasteiger partial charge is 0.369 e. The monoisotopic (exact) mass is 402 g/mol. The quantitative estimate of drug-likeness (QED) is 0.594. The molecule has 3 heterocycles. The summed E-state index contributed by atoms with van der Waals surface area (Å²) in [6.07, 6.45) is 0.838. The number of pyridine rings is 1. The number of nitrogens with one attached hydrogen (secondary N) is 2. The van der Waals surface area contributed by atoms with Crippen molar-refractivity contribution >= 4 is 39.9 Å². The van der Waals surface area contributed by atoms with Crippen molar-refractivity contribution in [2.75, 3.05) is 25.0 Å². The van der Waals surface area contributed by atoms with Crippen LogP contribution >= 0.6 is 23.2 Å². The normalized spacial score (nSPS) is 17.3. The van der Waals surface area contributed by atoms with E-state index in [2.05, 4.69) is 46.2 Å². The second-order valence-electron chi connectivity index (χ2n) is 7.25. The molecule has 2 aromatic heterocycles. The molecule has 0 aliphatic carbocycles. The summed E-state index contributed by atoms with van der Waals surface area (Å²) in [7, 11) is 0. The van der Waals surface area contributed by atoms with Gasteiger partial charge in [0.1, 0.15) is 5.82 Å². The van der Waals surface area contributed by atoms with Crippen LogP contribution in [0.2, 0.25) is 10.0 Å². The molecular formula is C21H24Cl2N4. The molecule has 1 aliphatic rings. The van der Waals surface area contributed by atoms with Gasteiger partial charge in [-0.25, -0.2) is 4.98 Å². The van der Waals surface area contributed by atoms with Gasteiger partial charge in [0.15, 0.2) is 0 Å². The number of aromatic amines is 1. The van der Waals surface area contributed by atoms with Crippen LogP contribution in [0.3, 0.4) is 0 Å². The van der Waals surface area contributed by atoms with Crippen molar-refractivity contribution in [3.05, 3.63) is 57.3 Å². The third-order valence-electron chi connectivity index (χ3n) is 5.28. The summed E-state index contributed by atoms with van der Waals surface area (Å²) in [4.78, 5) is 10.6. The summed E-state index contributed by atoms with van der Waals surface area (Å²) in [5.74, 6) is 1.36. The predicted octanol–water partition coefficient (Wildman–Crippen LogP) is 5.46. The first-order valence-corrected chi connectivity index (χ1v) is 10.2. The van der Waals surface area contributed by atoms with E-state index in [0.29, 0.717) is 5.92 Å². The Kier molecular flexibility index (Phi) is 5.31. The van der Waals surface area contributed by atoms with Crippen LogP contribution in [0, 0.1) is 0 Å². The second kappa shape index (κ2) is 7.70. The molecule has 4 rings (SSSR count). The van der Waals surface area contributed by atoms with Gasteiger partial charge in [-0.2, -0.15) is 0 Å². The molecule has 0 bridgehead atoms. The first-order valence-electron chi connectivity index (χ1n) is 9.46. The lowest BCUT2D eigenvalue weighted by molar-refractivity contribution is 0.242. The lowest BCUT2D eigenvalue weighted by atomic mass is 9.93. The molecule has 0 saturated heterocycles. The highest BCUT2D eigenvalue weighted by Crippen LogP contribution is 2.35. The molecule has 0 amide bonds. The molecule has 2 N–H and O–H groups in total. The summed E-state index contributed by atoms with van der Waals surface area (Å²) in [5.41, 5.74) is 4.84. The van der Waals surface area contributed by atoms with Crippen molar-refractivity contribution in [2.45, 2.75) is 32.7 Å². The fourth-order valence-corrected chi connectivity index (χ4v) is 4.45. The Morgan fingerprint density at radius 3 is 2.93 bits per heavy atom. The van der Waals surface area contributed by atoms with Crippen LogP contribution in [0.4, 0.5) is 5.82 Å². The molecule has 6 heteroatoms. The molecule has 0 fully saturated rings.